The number of anilines is 1. The van der Waals surface area contributed by atoms with Crippen LogP contribution in [0.1, 0.15) is 81.4 Å². The van der Waals surface area contributed by atoms with Gasteiger partial charge in [-0.3, -0.25) is 14.8 Å². The standard InChI is InChI=1S/C32H45N5O/c1-4-6-7-10-19-31(38)34-21-13-16-27-22-28(25-33-24-27)30-18-9-8-11-20-35-32(37(30)3)36-29-17-12-15-26(23-29)14-5-2/h4,12,15,17-18,20,22-25,32,36H,1,5-11,13-14,16,19,21H2,2-3H3,(H,34,38). The highest BCUT2D eigenvalue weighted by Crippen LogP contribution is 2.25. The molecule has 2 aromatic rings. The Balaban J connectivity index is 1.63. The molecule has 0 bridgehead atoms. The van der Waals surface area contributed by atoms with Crippen molar-refractivity contribution >= 4 is 23.5 Å². The maximum absolute atomic E-state index is 12.0. The van der Waals surface area contributed by atoms with Gasteiger partial charge in [-0.15, -0.1) is 6.58 Å². The molecule has 1 aromatic carbocycles. The molecule has 0 spiro atoms. The lowest BCUT2D eigenvalue weighted by atomic mass is 10.1. The van der Waals surface area contributed by atoms with E-state index in [1.807, 2.05) is 24.7 Å². The van der Waals surface area contributed by atoms with Crippen molar-refractivity contribution < 1.29 is 4.79 Å². The first-order valence-corrected chi connectivity index (χ1v) is 14.2. The summed E-state index contributed by atoms with van der Waals surface area (Å²) in [5.74, 6) is 0.137. The molecule has 38 heavy (non-hydrogen) atoms. The van der Waals surface area contributed by atoms with E-state index >= 15 is 0 Å². The van der Waals surface area contributed by atoms with Crippen molar-refractivity contribution in [2.45, 2.75) is 83.8 Å². The molecule has 0 aliphatic carbocycles. The van der Waals surface area contributed by atoms with Crippen LogP contribution in [-0.2, 0) is 17.6 Å². The fourth-order valence-electron chi connectivity index (χ4n) is 4.66. The second-order valence-electron chi connectivity index (χ2n) is 10.0. The number of pyridine rings is 1. The van der Waals surface area contributed by atoms with E-state index in [2.05, 4.69) is 77.5 Å². The van der Waals surface area contributed by atoms with Gasteiger partial charge in [0.15, 0.2) is 6.29 Å². The first-order valence-electron chi connectivity index (χ1n) is 14.2. The van der Waals surface area contributed by atoms with Crippen LogP contribution in [0.15, 0.2) is 66.4 Å². The number of carbonyl (C=O) groups excluding carboxylic acids is 1. The summed E-state index contributed by atoms with van der Waals surface area (Å²) < 4.78 is 0. The summed E-state index contributed by atoms with van der Waals surface area (Å²) in [5, 5.41) is 6.68. The molecular formula is C32H45N5O. The maximum Gasteiger partial charge on any atom is 0.219 e. The molecule has 1 amide bonds. The van der Waals surface area contributed by atoms with Gasteiger partial charge in [-0.1, -0.05) is 37.6 Å². The molecule has 3 rings (SSSR count). The molecule has 6 heteroatoms. The van der Waals surface area contributed by atoms with E-state index in [1.165, 1.54) is 11.1 Å². The zero-order valence-electron chi connectivity index (χ0n) is 23.3. The van der Waals surface area contributed by atoms with Crippen LogP contribution >= 0.6 is 0 Å². The number of carbonyl (C=O) groups is 1. The number of allylic oxidation sites excluding steroid dienone is 2. The van der Waals surface area contributed by atoms with Crippen molar-refractivity contribution in [3.8, 4) is 0 Å². The molecule has 6 nitrogen and oxygen atoms in total. The maximum atomic E-state index is 12.0. The second kappa shape index (κ2) is 16.4. The lowest BCUT2D eigenvalue weighted by Gasteiger charge is -2.30. The number of aliphatic imine (C=N–C) groups is 1. The monoisotopic (exact) mass is 515 g/mol. The van der Waals surface area contributed by atoms with Crippen LogP contribution in [0.25, 0.3) is 5.70 Å². The third-order valence-electron chi connectivity index (χ3n) is 6.75. The molecule has 1 atom stereocenters. The van der Waals surface area contributed by atoms with Crippen molar-refractivity contribution in [2.75, 3.05) is 18.9 Å². The van der Waals surface area contributed by atoms with E-state index in [1.54, 1.807) is 0 Å². The summed E-state index contributed by atoms with van der Waals surface area (Å²) in [4.78, 5) is 23.7. The van der Waals surface area contributed by atoms with Crippen molar-refractivity contribution in [3.05, 3.63) is 78.1 Å². The molecule has 204 valence electrons. The van der Waals surface area contributed by atoms with Gasteiger partial charge in [-0.25, -0.2) is 0 Å². The Morgan fingerprint density at radius 3 is 2.87 bits per heavy atom. The van der Waals surface area contributed by atoms with Crippen LogP contribution in [-0.4, -0.2) is 41.9 Å². The topological polar surface area (TPSA) is 69.6 Å². The number of nitrogens with one attached hydrogen (secondary N) is 2. The van der Waals surface area contributed by atoms with E-state index in [-0.39, 0.29) is 12.2 Å². The van der Waals surface area contributed by atoms with Gasteiger partial charge in [0.2, 0.25) is 5.91 Å². The average molecular weight is 516 g/mol. The third kappa shape index (κ3) is 9.81. The number of aromatic nitrogens is 1. The van der Waals surface area contributed by atoms with Crippen molar-refractivity contribution in [2.24, 2.45) is 4.99 Å². The molecule has 1 unspecified atom stereocenters. The minimum Gasteiger partial charge on any atom is -0.356 e. The van der Waals surface area contributed by atoms with Crippen LogP contribution in [0.4, 0.5) is 5.69 Å². The van der Waals surface area contributed by atoms with Gasteiger partial charge in [0.25, 0.3) is 0 Å². The van der Waals surface area contributed by atoms with E-state index < -0.39 is 0 Å². The number of unbranched alkanes of at least 4 members (excludes halogenated alkanes) is 2. The molecule has 1 aliphatic heterocycles. The normalized spacial score (nSPS) is 15.7. The van der Waals surface area contributed by atoms with Gasteiger partial charge < -0.3 is 15.5 Å². The van der Waals surface area contributed by atoms with Gasteiger partial charge in [0, 0.05) is 55.6 Å². The molecule has 0 radical (unpaired) electrons. The fraction of sp³-hybridized carbons (Fsp3) is 0.469. The number of benzene rings is 1. The Bertz CT molecular complexity index is 1080. The molecule has 2 N–H and O–H groups in total. The number of hydrogen-bond acceptors (Lipinski definition) is 5. The second-order valence-corrected chi connectivity index (χ2v) is 10.0. The lowest BCUT2D eigenvalue weighted by molar-refractivity contribution is -0.121. The van der Waals surface area contributed by atoms with Crippen molar-refractivity contribution in [1.82, 2.24) is 15.2 Å². The minimum absolute atomic E-state index is 0.137. The van der Waals surface area contributed by atoms with Crippen molar-refractivity contribution in [3.63, 3.8) is 0 Å². The Labute approximate surface area is 229 Å². The first-order chi connectivity index (χ1) is 18.6. The fourth-order valence-corrected chi connectivity index (χ4v) is 4.66. The minimum atomic E-state index is -0.207. The SMILES string of the molecule is C=CCCCCC(=O)NCCCc1cncc(C2=CCCCC=NC(Nc3cccc(CCC)c3)N2C)c1. The number of hydrogen-bond donors (Lipinski definition) is 2. The quantitative estimate of drug-likeness (QED) is 0.216. The Kier molecular flexibility index (Phi) is 12.6. The van der Waals surface area contributed by atoms with Gasteiger partial charge in [-0.05, 0) is 87.1 Å². The summed E-state index contributed by atoms with van der Waals surface area (Å²) >= 11 is 0. The smallest absolute Gasteiger partial charge is 0.219 e. The van der Waals surface area contributed by atoms with Gasteiger partial charge in [0.1, 0.15) is 0 Å². The summed E-state index contributed by atoms with van der Waals surface area (Å²) in [6.07, 6.45) is 20.4. The summed E-state index contributed by atoms with van der Waals surface area (Å²) in [6, 6.07) is 10.9. The molecule has 0 saturated heterocycles. The highest BCUT2D eigenvalue weighted by atomic mass is 16.1. The Morgan fingerprint density at radius 1 is 1.13 bits per heavy atom. The molecule has 1 aromatic heterocycles. The number of amides is 1. The van der Waals surface area contributed by atoms with E-state index in [0.717, 1.165) is 81.2 Å². The number of nitrogens with zero attached hydrogens (tertiary/aromatic N) is 3. The summed E-state index contributed by atoms with van der Waals surface area (Å²) in [5.41, 5.74) is 5.83. The number of rotatable bonds is 14. The molecule has 1 aliphatic rings. The van der Waals surface area contributed by atoms with E-state index in [9.17, 15) is 4.79 Å². The first kappa shape index (κ1) is 29.2. The van der Waals surface area contributed by atoms with Crippen LogP contribution < -0.4 is 10.6 Å². The van der Waals surface area contributed by atoms with Gasteiger partial charge >= 0.3 is 0 Å². The summed E-state index contributed by atoms with van der Waals surface area (Å²) in [7, 11) is 2.10. The van der Waals surface area contributed by atoms with Gasteiger partial charge in [-0.2, -0.15) is 0 Å². The zero-order valence-corrected chi connectivity index (χ0v) is 23.3. The lowest BCUT2D eigenvalue weighted by Crippen LogP contribution is -2.35. The average Bonchev–Trinajstić information content (AvgIpc) is 3.01. The predicted molar refractivity (Wildman–Crippen MR) is 160 cm³/mol. The number of aryl methyl sites for hydroxylation is 2. The largest absolute Gasteiger partial charge is 0.356 e. The molecule has 2 heterocycles. The van der Waals surface area contributed by atoms with Crippen LogP contribution in [0, 0.1) is 0 Å². The summed E-state index contributed by atoms with van der Waals surface area (Å²) in [6.45, 7) is 6.62. The van der Waals surface area contributed by atoms with E-state index in [0.29, 0.717) is 13.0 Å². The molecular weight excluding hydrogens is 470 g/mol. The molecule has 0 fully saturated rings. The highest BCUT2D eigenvalue weighted by molar-refractivity contribution is 5.75. The van der Waals surface area contributed by atoms with Crippen molar-refractivity contribution in [1.29, 1.82) is 0 Å². The Morgan fingerprint density at radius 2 is 2.03 bits per heavy atom. The zero-order chi connectivity index (χ0) is 27.0. The molecule has 0 saturated carbocycles. The predicted octanol–water partition coefficient (Wildman–Crippen LogP) is 6.75. The van der Waals surface area contributed by atoms with Crippen LogP contribution in [0.5, 0.6) is 0 Å². The third-order valence-corrected chi connectivity index (χ3v) is 6.75. The van der Waals surface area contributed by atoms with Crippen LogP contribution in [0.3, 0.4) is 0 Å². The van der Waals surface area contributed by atoms with Crippen LogP contribution in [0.2, 0.25) is 0 Å². The highest BCUT2D eigenvalue weighted by Gasteiger charge is 2.19. The Hall–Kier alpha value is -3.41. The van der Waals surface area contributed by atoms with E-state index in [4.69, 9.17) is 4.99 Å². The van der Waals surface area contributed by atoms with Gasteiger partial charge in [0.05, 0.1) is 0 Å².